The summed E-state index contributed by atoms with van der Waals surface area (Å²) in [5.41, 5.74) is -0.571. The van der Waals surface area contributed by atoms with Crippen molar-refractivity contribution in [2.24, 2.45) is 0 Å². The zero-order valence-electron chi connectivity index (χ0n) is 13.2. The SMILES string of the molecule is CC(C)(C)OC(=O)N1CCC[C@H](n2cc(C(=O)O)nn2)CC1. The molecule has 2 heterocycles. The fourth-order valence-corrected chi connectivity index (χ4v) is 2.41. The predicted octanol–water partition coefficient (Wildman–Crippen LogP) is 1.94. The molecule has 0 bridgehead atoms. The van der Waals surface area contributed by atoms with Gasteiger partial charge in [0, 0.05) is 13.1 Å². The number of aromatic nitrogens is 3. The van der Waals surface area contributed by atoms with Gasteiger partial charge in [-0.3, -0.25) is 0 Å². The molecule has 8 heteroatoms. The summed E-state index contributed by atoms with van der Waals surface area (Å²) in [5, 5.41) is 16.4. The highest BCUT2D eigenvalue weighted by atomic mass is 16.6. The zero-order chi connectivity index (χ0) is 16.3. The molecular formula is C14H22N4O4. The van der Waals surface area contributed by atoms with Crippen LogP contribution in [0.3, 0.4) is 0 Å². The number of hydrogen-bond acceptors (Lipinski definition) is 5. The number of amides is 1. The van der Waals surface area contributed by atoms with Gasteiger partial charge in [0.25, 0.3) is 0 Å². The summed E-state index contributed by atoms with van der Waals surface area (Å²) in [6.45, 7) is 6.71. The van der Waals surface area contributed by atoms with E-state index in [0.29, 0.717) is 19.5 Å². The van der Waals surface area contributed by atoms with Crippen LogP contribution >= 0.6 is 0 Å². The van der Waals surface area contributed by atoms with E-state index < -0.39 is 11.6 Å². The van der Waals surface area contributed by atoms with Crippen molar-refractivity contribution in [3.8, 4) is 0 Å². The average Bonchev–Trinajstić information content (AvgIpc) is 2.75. The number of ether oxygens (including phenoxy) is 1. The van der Waals surface area contributed by atoms with Crippen molar-refractivity contribution in [3.05, 3.63) is 11.9 Å². The van der Waals surface area contributed by atoms with Crippen molar-refractivity contribution in [2.45, 2.75) is 51.7 Å². The van der Waals surface area contributed by atoms with Gasteiger partial charge < -0.3 is 14.7 Å². The molecule has 1 atom stereocenters. The van der Waals surface area contributed by atoms with Crippen LogP contribution in [0.5, 0.6) is 0 Å². The molecule has 1 aromatic heterocycles. The molecule has 22 heavy (non-hydrogen) atoms. The Kier molecular flexibility index (Phi) is 4.68. The largest absolute Gasteiger partial charge is 0.476 e. The Morgan fingerprint density at radius 2 is 2.05 bits per heavy atom. The number of nitrogens with zero attached hydrogens (tertiary/aromatic N) is 4. The molecule has 1 aliphatic heterocycles. The van der Waals surface area contributed by atoms with E-state index in [1.807, 2.05) is 20.8 Å². The van der Waals surface area contributed by atoms with Crippen LogP contribution in [-0.2, 0) is 4.74 Å². The fourth-order valence-electron chi connectivity index (χ4n) is 2.41. The van der Waals surface area contributed by atoms with Crippen molar-refractivity contribution >= 4 is 12.1 Å². The number of carbonyl (C=O) groups is 2. The highest BCUT2D eigenvalue weighted by Gasteiger charge is 2.26. The maximum absolute atomic E-state index is 12.1. The van der Waals surface area contributed by atoms with Gasteiger partial charge in [0.1, 0.15) is 5.60 Å². The molecule has 0 unspecified atom stereocenters. The molecule has 122 valence electrons. The number of aromatic carboxylic acids is 1. The molecule has 2 rings (SSSR count). The van der Waals surface area contributed by atoms with Gasteiger partial charge >= 0.3 is 12.1 Å². The van der Waals surface area contributed by atoms with Crippen molar-refractivity contribution in [1.29, 1.82) is 0 Å². The summed E-state index contributed by atoms with van der Waals surface area (Å²) in [7, 11) is 0. The first-order valence-electron chi connectivity index (χ1n) is 7.39. The lowest BCUT2D eigenvalue weighted by molar-refractivity contribution is 0.0255. The van der Waals surface area contributed by atoms with E-state index in [2.05, 4.69) is 10.3 Å². The van der Waals surface area contributed by atoms with Gasteiger partial charge in [0.05, 0.1) is 12.2 Å². The van der Waals surface area contributed by atoms with Gasteiger partial charge in [-0.05, 0) is 40.0 Å². The van der Waals surface area contributed by atoms with Crippen LogP contribution in [0.1, 0.15) is 56.6 Å². The third kappa shape index (κ3) is 4.19. The third-order valence-electron chi connectivity index (χ3n) is 3.45. The lowest BCUT2D eigenvalue weighted by atomic mass is 10.1. The molecule has 0 aliphatic carbocycles. The Labute approximate surface area is 129 Å². The Morgan fingerprint density at radius 1 is 1.32 bits per heavy atom. The number of hydrogen-bond donors (Lipinski definition) is 1. The van der Waals surface area contributed by atoms with E-state index in [1.54, 1.807) is 9.58 Å². The van der Waals surface area contributed by atoms with Crippen LogP contribution in [0, 0.1) is 0 Å². The van der Waals surface area contributed by atoms with Gasteiger partial charge in [-0.2, -0.15) is 0 Å². The minimum Gasteiger partial charge on any atom is -0.476 e. The fraction of sp³-hybridized carbons (Fsp3) is 0.714. The van der Waals surface area contributed by atoms with Gasteiger partial charge in [-0.1, -0.05) is 5.21 Å². The summed E-state index contributed by atoms with van der Waals surface area (Å²) >= 11 is 0. The Hall–Kier alpha value is -2.12. The highest BCUT2D eigenvalue weighted by molar-refractivity contribution is 5.84. The second kappa shape index (κ2) is 6.33. The number of likely N-dealkylation sites (tertiary alicyclic amines) is 1. The third-order valence-corrected chi connectivity index (χ3v) is 3.45. The number of carbonyl (C=O) groups excluding carboxylic acids is 1. The van der Waals surface area contributed by atoms with Crippen molar-refractivity contribution in [3.63, 3.8) is 0 Å². The molecule has 0 aromatic carbocycles. The first-order chi connectivity index (χ1) is 10.3. The van der Waals surface area contributed by atoms with E-state index >= 15 is 0 Å². The van der Waals surface area contributed by atoms with Crippen LogP contribution in [-0.4, -0.2) is 55.8 Å². The van der Waals surface area contributed by atoms with Crippen molar-refractivity contribution < 1.29 is 19.4 Å². The zero-order valence-corrected chi connectivity index (χ0v) is 13.2. The monoisotopic (exact) mass is 310 g/mol. The molecule has 1 aliphatic rings. The molecule has 1 aromatic rings. The standard InChI is InChI=1S/C14H22N4O4/c1-14(2,3)22-13(21)17-7-4-5-10(6-8-17)18-9-11(12(19)20)15-16-18/h9-10H,4-8H2,1-3H3,(H,19,20)/t10-/m0/s1. The lowest BCUT2D eigenvalue weighted by Crippen LogP contribution is -2.37. The molecule has 0 spiro atoms. The quantitative estimate of drug-likeness (QED) is 0.896. The smallest absolute Gasteiger partial charge is 0.410 e. The molecule has 0 saturated carbocycles. The lowest BCUT2D eigenvalue weighted by Gasteiger charge is -2.26. The molecule has 1 saturated heterocycles. The van der Waals surface area contributed by atoms with E-state index in [4.69, 9.17) is 9.84 Å². The second-order valence-electron chi connectivity index (χ2n) is 6.44. The molecule has 1 N–H and O–H groups in total. The maximum atomic E-state index is 12.1. The summed E-state index contributed by atoms with van der Waals surface area (Å²) in [5.74, 6) is -1.09. The van der Waals surface area contributed by atoms with E-state index in [-0.39, 0.29) is 17.8 Å². The van der Waals surface area contributed by atoms with Crippen molar-refractivity contribution in [2.75, 3.05) is 13.1 Å². The number of rotatable bonds is 2. The minimum atomic E-state index is -1.09. The summed E-state index contributed by atoms with van der Waals surface area (Å²) in [6.07, 6.45) is 3.46. The highest BCUT2D eigenvalue weighted by Crippen LogP contribution is 2.23. The van der Waals surface area contributed by atoms with Crippen LogP contribution < -0.4 is 0 Å². The molecule has 1 fully saturated rings. The summed E-state index contributed by atoms with van der Waals surface area (Å²) < 4.78 is 6.97. The van der Waals surface area contributed by atoms with Crippen LogP contribution in [0.25, 0.3) is 0 Å². The van der Waals surface area contributed by atoms with Crippen LogP contribution in [0.15, 0.2) is 6.20 Å². The topological polar surface area (TPSA) is 97.5 Å². The van der Waals surface area contributed by atoms with Crippen LogP contribution in [0.4, 0.5) is 4.79 Å². The first-order valence-corrected chi connectivity index (χ1v) is 7.39. The van der Waals surface area contributed by atoms with Gasteiger partial charge in [0.15, 0.2) is 5.69 Å². The van der Waals surface area contributed by atoms with Crippen LogP contribution in [0.2, 0.25) is 0 Å². The Balaban J connectivity index is 1.97. The predicted molar refractivity (Wildman–Crippen MR) is 77.7 cm³/mol. The minimum absolute atomic E-state index is 0.0491. The van der Waals surface area contributed by atoms with Gasteiger partial charge in [-0.15, -0.1) is 5.10 Å². The summed E-state index contributed by atoms with van der Waals surface area (Å²) in [6, 6.07) is 0.0491. The normalized spacial score (nSPS) is 19.6. The Morgan fingerprint density at radius 3 is 2.64 bits per heavy atom. The van der Waals surface area contributed by atoms with Gasteiger partial charge in [-0.25, -0.2) is 14.3 Å². The van der Waals surface area contributed by atoms with E-state index in [0.717, 1.165) is 12.8 Å². The number of carboxylic acid groups (broad SMARTS) is 1. The van der Waals surface area contributed by atoms with E-state index in [1.165, 1.54) is 6.20 Å². The molecule has 8 nitrogen and oxygen atoms in total. The second-order valence-corrected chi connectivity index (χ2v) is 6.44. The molecule has 1 amide bonds. The Bertz CT molecular complexity index is 549. The average molecular weight is 310 g/mol. The van der Waals surface area contributed by atoms with Gasteiger partial charge in [0.2, 0.25) is 0 Å². The molecule has 0 radical (unpaired) electrons. The summed E-state index contributed by atoms with van der Waals surface area (Å²) in [4.78, 5) is 24.6. The molecular weight excluding hydrogens is 288 g/mol. The van der Waals surface area contributed by atoms with E-state index in [9.17, 15) is 9.59 Å². The maximum Gasteiger partial charge on any atom is 0.410 e. The number of carboxylic acids is 1. The van der Waals surface area contributed by atoms with Crippen molar-refractivity contribution in [1.82, 2.24) is 19.9 Å². The first kappa shape index (κ1) is 16.3.